The monoisotopic (exact) mass is 255 g/mol. The maximum atomic E-state index is 11.8. The molecule has 0 radical (unpaired) electrons. The van der Waals surface area contributed by atoms with Crippen LogP contribution in [-0.2, 0) is 9.53 Å². The van der Waals surface area contributed by atoms with Crippen molar-refractivity contribution in [3.63, 3.8) is 0 Å². The Morgan fingerprint density at radius 1 is 1.44 bits per heavy atom. The maximum Gasteiger partial charge on any atom is 0.407 e. The van der Waals surface area contributed by atoms with E-state index in [0.29, 0.717) is 32.4 Å². The van der Waals surface area contributed by atoms with Crippen LogP contribution in [0.5, 0.6) is 0 Å². The van der Waals surface area contributed by atoms with Gasteiger partial charge in [-0.05, 0) is 32.1 Å². The summed E-state index contributed by atoms with van der Waals surface area (Å²) in [6, 6.07) is 0. The molecule has 1 fully saturated rings. The SMILES string of the molecule is C=C(C)CC(C(=O)OC)C1CCN(C(=O)O)CC1. The molecular formula is C13H21NO4. The number of carbonyl (C=O) groups excluding carboxylic acids is 1. The number of amides is 1. The summed E-state index contributed by atoms with van der Waals surface area (Å²) in [5.74, 6) is -0.222. The molecule has 1 amide bonds. The molecule has 5 heteroatoms. The summed E-state index contributed by atoms with van der Waals surface area (Å²) in [6.07, 6.45) is 1.14. The molecule has 1 rings (SSSR count). The van der Waals surface area contributed by atoms with Crippen LogP contribution in [0.4, 0.5) is 4.79 Å². The number of rotatable bonds is 4. The van der Waals surface area contributed by atoms with E-state index in [4.69, 9.17) is 9.84 Å². The van der Waals surface area contributed by atoms with Crippen LogP contribution in [-0.4, -0.2) is 42.3 Å². The zero-order chi connectivity index (χ0) is 13.7. The fourth-order valence-electron chi connectivity index (χ4n) is 2.46. The van der Waals surface area contributed by atoms with Gasteiger partial charge in [0.1, 0.15) is 0 Å². The molecule has 0 aliphatic carbocycles. The van der Waals surface area contributed by atoms with Crippen molar-refractivity contribution >= 4 is 12.1 Å². The van der Waals surface area contributed by atoms with Gasteiger partial charge in [0.25, 0.3) is 0 Å². The Hall–Kier alpha value is -1.52. The summed E-state index contributed by atoms with van der Waals surface area (Å²) in [6.45, 7) is 6.71. The predicted octanol–water partition coefficient (Wildman–Crippen LogP) is 2.13. The van der Waals surface area contributed by atoms with Gasteiger partial charge in [0.15, 0.2) is 0 Å². The van der Waals surface area contributed by atoms with Gasteiger partial charge >= 0.3 is 12.1 Å². The summed E-state index contributed by atoms with van der Waals surface area (Å²) in [5.41, 5.74) is 0.950. The van der Waals surface area contributed by atoms with Crippen LogP contribution in [0, 0.1) is 11.8 Å². The third kappa shape index (κ3) is 3.75. The normalized spacial score (nSPS) is 18.2. The summed E-state index contributed by atoms with van der Waals surface area (Å²) >= 11 is 0. The van der Waals surface area contributed by atoms with E-state index in [1.54, 1.807) is 0 Å². The van der Waals surface area contributed by atoms with E-state index in [1.165, 1.54) is 12.0 Å². The molecule has 0 aromatic rings. The topological polar surface area (TPSA) is 66.8 Å². The largest absolute Gasteiger partial charge is 0.469 e. The average molecular weight is 255 g/mol. The quantitative estimate of drug-likeness (QED) is 0.617. The minimum absolute atomic E-state index is 0.185. The van der Waals surface area contributed by atoms with E-state index >= 15 is 0 Å². The van der Waals surface area contributed by atoms with Crippen LogP contribution in [0.3, 0.4) is 0 Å². The van der Waals surface area contributed by atoms with Gasteiger partial charge in [-0.3, -0.25) is 4.79 Å². The Bertz CT molecular complexity index is 332. The number of allylic oxidation sites excluding steroid dienone is 1. The van der Waals surface area contributed by atoms with E-state index in [0.717, 1.165) is 5.57 Å². The molecule has 0 aromatic carbocycles. The first-order valence-corrected chi connectivity index (χ1v) is 6.15. The van der Waals surface area contributed by atoms with Gasteiger partial charge in [-0.25, -0.2) is 4.79 Å². The Morgan fingerprint density at radius 3 is 2.39 bits per heavy atom. The number of likely N-dealkylation sites (tertiary alicyclic amines) is 1. The number of piperidine rings is 1. The summed E-state index contributed by atoms with van der Waals surface area (Å²) in [4.78, 5) is 24.0. The zero-order valence-electron chi connectivity index (χ0n) is 11.0. The van der Waals surface area contributed by atoms with Crippen LogP contribution < -0.4 is 0 Å². The Morgan fingerprint density at radius 2 is 2.00 bits per heavy atom. The predicted molar refractivity (Wildman–Crippen MR) is 67.3 cm³/mol. The molecule has 1 heterocycles. The van der Waals surface area contributed by atoms with Crippen molar-refractivity contribution in [1.29, 1.82) is 0 Å². The standard InChI is InChI=1S/C13H21NO4/c1-9(2)8-11(12(15)18-3)10-4-6-14(7-5-10)13(16)17/h10-11H,1,4-8H2,2-3H3,(H,16,17). The van der Waals surface area contributed by atoms with E-state index in [2.05, 4.69) is 6.58 Å². The minimum Gasteiger partial charge on any atom is -0.469 e. The highest BCUT2D eigenvalue weighted by molar-refractivity contribution is 5.73. The molecule has 1 saturated heterocycles. The highest BCUT2D eigenvalue weighted by Gasteiger charge is 2.33. The summed E-state index contributed by atoms with van der Waals surface area (Å²) < 4.78 is 4.83. The lowest BCUT2D eigenvalue weighted by molar-refractivity contribution is -0.148. The third-order valence-corrected chi connectivity index (χ3v) is 3.45. The smallest absolute Gasteiger partial charge is 0.407 e. The fourth-order valence-corrected chi connectivity index (χ4v) is 2.46. The van der Waals surface area contributed by atoms with Crippen molar-refractivity contribution in [3.8, 4) is 0 Å². The second kappa shape index (κ2) is 6.42. The van der Waals surface area contributed by atoms with Crippen LogP contribution in [0.2, 0.25) is 0 Å². The van der Waals surface area contributed by atoms with Gasteiger partial charge in [-0.1, -0.05) is 5.57 Å². The second-order valence-corrected chi connectivity index (χ2v) is 4.90. The first-order chi connectivity index (χ1) is 8.45. The second-order valence-electron chi connectivity index (χ2n) is 4.90. The highest BCUT2D eigenvalue weighted by Crippen LogP contribution is 2.30. The highest BCUT2D eigenvalue weighted by atomic mass is 16.5. The molecule has 0 saturated carbocycles. The average Bonchev–Trinajstić information content (AvgIpc) is 2.35. The lowest BCUT2D eigenvalue weighted by atomic mass is 9.81. The molecule has 0 aromatic heterocycles. The van der Waals surface area contributed by atoms with Crippen molar-refractivity contribution in [2.24, 2.45) is 11.8 Å². The third-order valence-electron chi connectivity index (χ3n) is 3.45. The molecule has 1 atom stereocenters. The molecule has 1 aliphatic heterocycles. The molecule has 18 heavy (non-hydrogen) atoms. The number of hydrogen-bond acceptors (Lipinski definition) is 3. The van der Waals surface area contributed by atoms with Crippen LogP contribution >= 0.6 is 0 Å². The van der Waals surface area contributed by atoms with Crippen molar-refractivity contribution in [1.82, 2.24) is 4.90 Å². The van der Waals surface area contributed by atoms with Gasteiger partial charge in [0.2, 0.25) is 0 Å². The number of carbonyl (C=O) groups is 2. The van der Waals surface area contributed by atoms with E-state index in [1.807, 2.05) is 6.92 Å². The van der Waals surface area contributed by atoms with Gasteiger partial charge in [0, 0.05) is 13.1 Å². The van der Waals surface area contributed by atoms with Gasteiger partial charge in [-0.15, -0.1) is 6.58 Å². The minimum atomic E-state index is -0.886. The molecule has 1 N–H and O–H groups in total. The summed E-state index contributed by atoms with van der Waals surface area (Å²) in [7, 11) is 1.39. The van der Waals surface area contributed by atoms with Gasteiger partial charge in [0.05, 0.1) is 13.0 Å². The molecule has 0 spiro atoms. The lowest BCUT2D eigenvalue weighted by Gasteiger charge is -2.33. The van der Waals surface area contributed by atoms with Crippen molar-refractivity contribution in [3.05, 3.63) is 12.2 Å². The van der Waals surface area contributed by atoms with Crippen LogP contribution in [0.25, 0.3) is 0 Å². The van der Waals surface area contributed by atoms with E-state index in [9.17, 15) is 9.59 Å². The Kier molecular flexibility index (Phi) is 5.19. The number of hydrogen-bond donors (Lipinski definition) is 1. The maximum absolute atomic E-state index is 11.8. The van der Waals surface area contributed by atoms with Gasteiger partial charge in [-0.2, -0.15) is 0 Å². The van der Waals surface area contributed by atoms with E-state index in [-0.39, 0.29) is 17.8 Å². The molecular weight excluding hydrogens is 234 g/mol. The number of ether oxygens (including phenoxy) is 1. The van der Waals surface area contributed by atoms with Crippen molar-refractivity contribution in [2.45, 2.75) is 26.2 Å². The first-order valence-electron chi connectivity index (χ1n) is 6.15. The zero-order valence-corrected chi connectivity index (χ0v) is 11.0. The molecule has 1 unspecified atom stereocenters. The molecule has 102 valence electrons. The van der Waals surface area contributed by atoms with Crippen LogP contribution in [0.1, 0.15) is 26.2 Å². The molecule has 1 aliphatic rings. The Balaban J connectivity index is 2.62. The van der Waals surface area contributed by atoms with E-state index < -0.39 is 6.09 Å². The van der Waals surface area contributed by atoms with Crippen molar-refractivity contribution < 1.29 is 19.4 Å². The van der Waals surface area contributed by atoms with Crippen LogP contribution in [0.15, 0.2) is 12.2 Å². The van der Waals surface area contributed by atoms with Gasteiger partial charge < -0.3 is 14.7 Å². The number of methoxy groups -OCH3 is 1. The van der Waals surface area contributed by atoms with Crippen molar-refractivity contribution in [2.75, 3.05) is 20.2 Å². The summed E-state index contributed by atoms with van der Waals surface area (Å²) in [5, 5.41) is 8.88. The number of esters is 1. The fraction of sp³-hybridized carbons (Fsp3) is 0.692. The molecule has 0 bridgehead atoms. The first kappa shape index (κ1) is 14.5. The Labute approximate surface area is 107 Å². The lowest BCUT2D eigenvalue weighted by Crippen LogP contribution is -2.40. The number of nitrogens with zero attached hydrogens (tertiary/aromatic N) is 1. The number of carboxylic acid groups (broad SMARTS) is 1. The molecule has 5 nitrogen and oxygen atoms in total.